The van der Waals surface area contributed by atoms with Crippen LogP contribution in [0.4, 0.5) is 9.18 Å². The molecule has 2 aromatic rings. The Hall–Kier alpha value is -2.75. The molecule has 0 bridgehead atoms. The normalized spacial score (nSPS) is 24.0. The molecule has 0 saturated carbocycles. The Kier molecular flexibility index (Phi) is 3.45. The summed E-state index contributed by atoms with van der Waals surface area (Å²) in [5.74, 6) is -1.34. The quantitative estimate of drug-likeness (QED) is 0.621. The van der Waals surface area contributed by atoms with Gasteiger partial charge in [0.2, 0.25) is 0 Å². The van der Waals surface area contributed by atoms with E-state index in [9.17, 15) is 22.4 Å². The van der Waals surface area contributed by atoms with Crippen LogP contribution in [0.5, 0.6) is 0 Å². The maximum Gasteiger partial charge on any atom is 0.325 e. The minimum absolute atomic E-state index is 0.0432. The lowest BCUT2D eigenvalue weighted by atomic mass is 9.86. The Morgan fingerprint density at radius 3 is 2.81 bits per heavy atom. The zero-order valence-corrected chi connectivity index (χ0v) is 14.5. The van der Waals surface area contributed by atoms with Gasteiger partial charge in [0.1, 0.15) is 11.4 Å². The van der Waals surface area contributed by atoms with Crippen LogP contribution in [0.1, 0.15) is 23.4 Å². The molecule has 1 saturated heterocycles. The van der Waals surface area contributed by atoms with E-state index in [1.54, 1.807) is 13.0 Å². The smallest absolute Gasteiger partial charge is 0.325 e. The summed E-state index contributed by atoms with van der Waals surface area (Å²) >= 11 is 0. The molecule has 2 aliphatic heterocycles. The minimum Gasteiger partial charge on any atom is -0.359 e. The van der Waals surface area contributed by atoms with E-state index in [-0.39, 0.29) is 29.2 Å². The molecule has 26 heavy (non-hydrogen) atoms. The molecule has 1 fully saturated rings. The van der Waals surface area contributed by atoms with E-state index < -0.39 is 33.1 Å². The molecule has 1 spiro atoms. The summed E-state index contributed by atoms with van der Waals surface area (Å²) in [6.07, 6.45) is -0.164. The maximum absolute atomic E-state index is 13.8. The second kappa shape index (κ2) is 5.37. The first kappa shape index (κ1) is 16.7. The number of carbonyl (C=O) groups is 2. The number of urea groups is 1. The second-order valence-electron chi connectivity index (χ2n) is 6.37. The van der Waals surface area contributed by atoms with Gasteiger partial charge in [0.05, 0.1) is 22.9 Å². The van der Waals surface area contributed by atoms with Crippen molar-refractivity contribution >= 4 is 21.8 Å². The third-order valence-electron chi connectivity index (χ3n) is 4.65. The number of sulfone groups is 1. The van der Waals surface area contributed by atoms with Gasteiger partial charge < -0.3 is 9.84 Å². The lowest BCUT2D eigenvalue weighted by Crippen LogP contribution is -2.48. The van der Waals surface area contributed by atoms with E-state index >= 15 is 0 Å². The predicted octanol–water partition coefficient (Wildman–Crippen LogP) is 1.25. The van der Waals surface area contributed by atoms with Crippen molar-refractivity contribution in [3.63, 3.8) is 0 Å². The van der Waals surface area contributed by atoms with Crippen molar-refractivity contribution in [2.75, 3.05) is 5.75 Å². The van der Waals surface area contributed by atoms with E-state index in [0.29, 0.717) is 11.5 Å². The highest BCUT2D eigenvalue weighted by molar-refractivity contribution is 7.91. The van der Waals surface area contributed by atoms with E-state index in [4.69, 9.17) is 4.52 Å². The monoisotopic (exact) mass is 379 g/mol. The number of aryl methyl sites for hydroxylation is 1. The summed E-state index contributed by atoms with van der Waals surface area (Å²) in [5, 5.41) is 6.27. The molecule has 1 aromatic heterocycles. The van der Waals surface area contributed by atoms with Crippen LogP contribution in [0.15, 0.2) is 33.7 Å². The Bertz CT molecular complexity index is 1050. The van der Waals surface area contributed by atoms with Crippen LogP contribution < -0.4 is 5.32 Å². The van der Waals surface area contributed by atoms with Gasteiger partial charge in [0.25, 0.3) is 5.91 Å². The van der Waals surface area contributed by atoms with Gasteiger partial charge in [-0.3, -0.25) is 9.69 Å². The highest BCUT2D eigenvalue weighted by Gasteiger charge is 2.56. The lowest BCUT2D eigenvalue weighted by Gasteiger charge is -2.32. The molecule has 136 valence electrons. The number of nitrogens with one attached hydrogen (secondary N) is 1. The van der Waals surface area contributed by atoms with Crippen LogP contribution in [0.25, 0.3) is 0 Å². The Morgan fingerprint density at radius 2 is 2.12 bits per heavy atom. The summed E-state index contributed by atoms with van der Waals surface area (Å²) in [5.41, 5.74) is -1.05. The van der Waals surface area contributed by atoms with Crippen LogP contribution in [0.3, 0.4) is 0 Å². The van der Waals surface area contributed by atoms with Gasteiger partial charge in [0, 0.05) is 11.6 Å². The van der Waals surface area contributed by atoms with Gasteiger partial charge in [0.15, 0.2) is 15.6 Å². The van der Waals surface area contributed by atoms with Gasteiger partial charge in [-0.2, -0.15) is 0 Å². The number of amides is 3. The Balaban J connectivity index is 1.79. The summed E-state index contributed by atoms with van der Waals surface area (Å²) < 4.78 is 43.4. The largest absolute Gasteiger partial charge is 0.359 e. The predicted molar refractivity (Wildman–Crippen MR) is 85.1 cm³/mol. The van der Waals surface area contributed by atoms with Gasteiger partial charge in [-0.25, -0.2) is 17.6 Å². The van der Waals surface area contributed by atoms with E-state index in [1.165, 1.54) is 0 Å². The summed E-state index contributed by atoms with van der Waals surface area (Å²) in [7, 11) is -3.65. The average Bonchev–Trinajstić information content (AvgIpc) is 3.09. The van der Waals surface area contributed by atoms with Gasteiger partial charge >= 0.3 is 6.03 Å². The Morgan fingerprint density at radius 1 is 1.35 bits per heavy atom. The number of hydrogen-bond acceptors (Lipinski definition) is 6. The summed E-state index contributed by atoms with van der Waals surface area (Å²) in [6, 6.07) is 4.03. The number of aromatic nitrogens is 1. The first-order chi connectivity index (χ1) is 12.2. The zero-order valence-electron chi connectivity index (χ0n) is 13.7. The number of hydrogen-bond donors (Lipinski definition) is 1. The highest BCUT2D eigenvalue weighted by Crippen LogP contribution is 2.41. The molecular weight excluding hydrogens is 365 g/mol. The van der Waals surface area contributed by atoms with Crippen molar-refractivity contribution in [2.45, 2.75) is 30.3 Å². The molecule has 0 unspecified atom stereocenters. The third-order valence-corrected chi connectivity index (χ3v) is 6.42. The number of imide groups is 1. The third kappa shape index (κ3) is 2.32. The van der Waals surface area contributed by atoms with Crippen LogP contribution in [-0.2, 0) is 26.7 Å². The number of rotatable bonds is 2. The van der Waals surface area contributed by atoms with Crippen molar-refractivity contribution < 1.29 is 26.9 Å². The van der Waals surface area contributed by atoms with Crippen molar-refractivity contribution in [1.82, 2.24) is 15.4 Å². The number of halogens is 1. The molecule has 4 rings (SSSR count). The van der Waals surface area contributed by atoms with Crippen LogP contribution in [0.2, 0.25) is 0 Å². The zero-order chi connectivity index (χ0) is 18.7. The molecule has 1 N–H and O–H groups in total. The molecule has 3 heterocycles. The van der Waals surface area contributed by atoms with Crippen molar-refractivity contribution in [2.24, 2.45) is 0 Å². The molecule has 8 nitrogen and oxygen atoms in total. The minimum atomic E-state index is -3.65. The van der Waals surface area contributed by atoms with Crippen LogP contribution >= 0.6 is 0 Å². The summed E-state index contributed by atoms with van der Waals surface area (Å²) in [6.45, 7) is 1.55. The standard InChI is InChI=1S/C16H14FN3O5S/c1-9-6-11(25-19-9)8-20-14(21)16(18-15(20)22)4-5-26(23,24)13-3-2-10(17)7-12(13)16/h2-3,6-7H,4-5,8H2,1H3,(H,18,22)/t16-/m1/s1. The molecule has 10 heteroatoms. The molecule has 0 aliphatic carbocycles. The molecule has 0 radical (unpaired) electrons. The maximum atomic E-state index is 13.8. The fourth-order valence-corrected chi connectivity index (χ4v) is 5.05. The van der Waals surface area contributed by atoms with E-state index in [0.717, 1.165) is 23.1 Å². The average molecular weight is 379 g/mol. The molecule has 1 atom stereocenters. The fraction of sp³-hybridized carbons (Fsp3) is 0.312. The van der Waals surface area contributed by atoms with Crippen LogP contribution in [0, 0.1) is 12.7 Å². The first-order valence-electron chi connectivity index (χ1n) is 7.82. The number of fused-ring (bicyclic) bond motifs is 2. The molecule has 1 aromatic carbocycles. The van der Waals surface area contributed by atoms with E-state index in [2.05, 4.69) is 10.5 Å². The SMILES string of the molecule is Cc1cc(CN2C(=O)N[C@@]3(CCS(=O)(=O)c4ccc(F)cc43)C2=O)on1. The summed E-state index contributed by atoms with van der Waals surface area (Å²) in [4.78, 5) is 26.2. The fourth-order valence-electron chi connectivity index (χ4n) is 3.41. The lowest BCUT2D eigenvalue weighted by molar-refractivity contribution is -0.132. The molecule has 2 aliphatic rings. The van der Waals surface area contributed by atoms with Crippen molar-refractivity contribution in [3.05, 3.63) is 47.1 Å². The highest BCUT2D eigenvalue weighted by atomic mass is 32.2. The number of nitrogens with zero attached hydrogens (tertiary/aromatic N) is 2. The van der Waals surface area contributed by atoms with E-state index in [1.807, 2.05) is 0 Å². The van der Waals surface area contributed by atoms with Gasteiger partial charge in [-0.05, 0) is 31.5 Å². The van der Waals surface area contributed by atoms with Gasteiger partial charge in [-0.15, -0.1) is 0 Å². The number of carbonyl (C=O) groups excluding carboxylic acids is 2. The molecular formula is C16H14FN3O5S. The second-order valence-corrected chi connectivity index (χ2v) is 8.45. The first-order valence-corrected chi connectivity index (χ1v) is 9.47. The Labute approximate surface area is 147 Å². The van der Waals surface area contributed by atoms with Crippen molar-refractivity contribution in [1.29, 1.82) is 0 Å². The van der Waals surface area contributed by atoms with Crippen molar-refractivity contribution in [3.8, 4) is 0 Å². The number of benzene rings is 1. The van der Waals surface area contributed by atoms with Gasteiger partial charge in [-0.1, -0.05) is 5.16 Å². The topological polar surface area (TPSA) is 110 Å². The van der Waals surface area contributed by atoms with Crippen LogP contribution in [-0.4, -0.2) is 36.2 Å². The molecule has 3 amide bonds.